The first kappa shape index (κ1) is 27.5. The smallest absolute Gasteiger partial charge is 0.171 e. The van der Waals surface area contributed by atoms with E-state index in [1.807, 2.05) is 60.7 Å². The second kappa shape index (κ2) is 9.94. The zero-order valence-electron chi connectivity index (χ0n) is 26.2. The summed E-state index contributed by atoms with van der Waals surface area (Å²) in [5.74, 6) is 1.58. The molecule has 2 aliphatic rings. The van der Waals surface area contributed by atoms with Crippen molar-refractivity contribution >= 4 is 45.0 Å². The number of fused-ring (bicyclic) bond motifs is 11. The molecular weight excluding hydrogens is 607 g/mol. The Balaban J connectivity index is 1.39. The van der Waals surface area contributed by atoms with Gasteiger partial charge in [-0.05, 0) is 59.5 Å². The van der Waals surface area contributed by atoms with Crippen LogP contribution in [-0.2, 0) is 9.98 Å². The number of hydrogen-bond donors (Lipinski definition) is 0. The Kier molecular flexibility index (Phi) is 5.69. The van der Waals surface area contributed by atoms with Crippen LogP contribution in [0.3, 0.4) is 0 Å². The van der Waals surface area contributed by atoms with Crippen molar-refractivity contribution in [3.05, 3.63) is 186 Å². The highest BCUT2D eigenvalue weighted by Gasteiger charge is 2.54. The van der Waals surface area contributed by atoms with Crippen molar-refractivity contribution in [2.24, 2.45) is 0 Å². The second-order valence-corrected chi connectivity index (χ2v) is 15.5. The van der Waals surface area contributed by atoms with Gasteiger partial charge in [-0.1, -0.05) is 133 Å². The number of rotatable bonds is 2. The van der Waals surface area contributed by atoms with E-state index in [9.17, 15) is 0 Å². The van der Waals surface area contributed by atoms with Crippen molar-refractivity contribution in [1.29, 1.82) is 0 Å². The lowest BCUT2D eigenvalue weighted by molar-refractivity contribution is 0.435. The Morgan fingerprint density at radius 3 is 2.04 bits per heavy atom. The van der Waals surface area contributed by atoms with Crippen LogP contribution in [0.25, 0.3) is 33.1 Å². The standard InChI is InChI=1S/C44H29O3P/c1-28-19-21-29(22-20-28)30-23-24-35-41(25-30)47-39-17-9-6-14-34(39)44(35)36-15-7-10-18-42(36)48(45,31-11-3-2-4-12-31)43-27-40-33(26-37(43)44)32-13-5-8-16-38(32)46-40/h2-27H,1H3. The van der Waals surface area contributed by atoms with Crippen molar-refractivity contribution in [1.82, 2.24) is 0 Å². The summed E-state index contributed by atoms with van der Waals surface area (Å²) in [5, 5.41) is 4.48. The monoisotopic (exact) mass is 636 g/mol. The second-order valence-electron chi connectivity index (χ2n) is 12.9. The first-order valence-corrected chi connectivity index (χ1v) is 18.0. The van der Waals surface area contributed by atoms with Gasteiger partial charge in [0.15, 0.2) is 7.14 Å². The molecule has 48 heavy (non-hydrogen) atoms. The minimum Gasteiger partial charge on any atom is -0.457 e. The summed E-state index contributed by atoms with van der Waals surface area (Å²) >= 11 is 0. The molecule has 7 aromatic carbocycles. The van der Waals surface area contributed by atoms with E-state index in [1.54, 1.807) is 0 Å². The maximum Gasteiger partial charge on any atom is 0.171 e. The molecule has 1 spiro atoms. The van der Waals surface area contributed by atoms with E-state index in [0.717, 1.165) is 82.7 Å². The van der Waals surface area contributed by atoms with E-state index < -0.39 is 12.6 Å². The summed E-state index contributed by atoms with van der Waals surface area (Å²) in [5.41, 5.74) is 8.22. The van der Waals surface area contributed by atoms with Crippen LogP contribution in [0.1, 0.15) is 27.8 Å². The number of hydrogen-bond acceptors (Lipinski definition) is 3. The normalized spacial score (nSPS) is 18.9. The van der Waals surface area contributed by atoms with Gasteiger partial charge in [-0.3, -0.25) is 0 Å². The molecule has 0 N–H and O–H groups in total. The predicted molar refractivity (Wildman–Crippen MR) is 195 cm³/mol. The Hall–Kier alpha value is -5.63. The number of aryl methyl sites for hydroxylation is 1. The van der Waals surface area contributed by atoms with Gasteiger partial charge >= 0.3 is 0 Å². The molecule has 8 aromatic rings. The van der Waals surface area contributed by atoms with Crippen molar-refractivity contribution in [3.8, 4) is 22.6 Å². The molecule has 0 radical (unpaired) electrons. The summed E-state index contributed by atoms with van der Waals surface area (Å²) in [6.07, 6.45) is 0. The molecule has 0 fully saturated rings. The predicted octanol–water partition coefficient (Wildman–Crippen LogP) is 10.0. The van der Waals surface area contributed by atoms with Gasteiger partial charge in [0.2, 0.25) is 0 Å². The van der Waals surface area contributed by atoms with Gasteiger partial charge in [0.05, 0.1) is 5.41 Å². The Labute approximate surface area is 278 Å². The van der Waals surface area contributed by atoms with Crippen molar-refractivity contribution in [3.63, 3.8) is 0 Å². The summed E-state index contributed by atoms with van der Waals surface area (Å²) < 4.78 is 29.5. The van der Waals surface area contributed by atoms with Crippen molar-refractivity contribution in [2.75, 3.05) is 0 Å². The zero-order valence-corrected chi connectivity index (χ0v) is 27.1. The molecule has 0 saturated heterocycles. The molecule has 4 heteroatoms. The molecule has 228 valence electrons. The van der Waals surface area contributed by atoms with E-state index >= 15 is 4.57 Å². The van der Waals surface area contributed by atoms with Gasteiger partial charge in [-0.25, -0.2) is 0 Å². The van der Waals surface area contributed by atoms with Crippen LogP contribution >= 0.6 is 7.14 Å². The number of furan rings is 1. The van der Waals surface area contributed by atoms with E-state index in [0.29, 0.717) is 0 Å². The third kappa shape index (κ3) is 3.57. The Morgan fingerprint density at radius 2 is 1.19 bits per heavy atom. The van der Waals surface area contributed by atoms with Crippen LogP contribution in [0.15, 0.2) is 162 Å². The highest BCUT2D eigenvalue weighted by molar-refractivity contribution is 7.85. The highest BCUT2D eigenvalue weighted by Crippen LogP contribution is 2.62. The summed E-state index contributed by atoms with van der Waals surface area (Å²) in [4.78, 5) is 0. The van der Waals surface area contributed by atoms with Crippen LogP contribution in [-0.4, -0.2) is 0 Å². The van der Waals surface area contributed by atoms with E-state index in [1.165, 1.54) is 5.56 Å². The fourth-order valence-electron chi connectivity index (χ4n) is 8.13. The fourth-order valence-corrected chi connectivity index (χ4v) is 11.3. The van der Waals surface area contributed by atoms with Crippen molar-refractivity contribution in [2.45, 2.75) is 12.3 Å². The largest absolute Gasteiger partial charge is 0.457 e. The van der Waals surface area contributed by atoms with Gasteiger partial charge in [-0.2, -0.15) is 0 Å². The molecule has 0 bridgehead atoms. The van der Waals surface area contributed by atoms with E-state index in [2.05, 4.69) is 104 Å². The average molecular weight is 637 g/mol. The molecule has 0 saturated carbocycles. The zero-order chi connectivity index (χ0) is 32.0. The SMILES string of the molecule is Cc1ccc(-c2ccc3c(c2)Oc2ccccc2C32c3ccccc3P(=O)(c3ccccc3)c3cc4oc5ccccc5c4cc32)cc1. The topological polar surface area (TPSA) is 39.4 Å². The molecule has 0 aliphatic carbocycles. The number of benzene rings is 7. The molecule has 2 unspecified atom stereocenters. The minimum atomic E-state index is -3.37. The molecule has 3 heterocycles. The first-order chi connectivity index (χ1) is 23.6. The first-order valence-electron chi connectivity index (χ1n) is 16.3. The van der Waals surface area contributed by atoms with Gasteiger partial charge in [0.1, 0.15) is 22.7 Å². The molecule has 10 rings (SSSR count). The van der Waals surface area contributed by atoms with Crippen LogP contribution in [0, 0.1) is 6.92 Å². The van der Waals surface area contributed by atoms with Gasteiger partial charge < -0.3 is 13.7 Å². The van der Waals surface area contributed by atoms with Crippen LogP contribution in [0.4, 0.5) is 0 Å². The van der Waals surface area contributed by atoms with E-state index in [-0.39, 0.29) is 0 Å². The Morgan fingerprint density at radius 1 is 0.500 bits per heavy atom. The summed E-state index contributed by atoms with van der Waals surface area (Å²) in [6, 6.07) is 54.2. The summed E-state index contributed by atoms with van der Waals surface area (Å²) in [6.45, 7) is 2.10. The maximum atomic E-state index is 16.2. The van der Waals surface area contributed by atoms with Crippen LogP contribution in [0.2, 0.25) is 0 Å². The van der Waals surface area contributed by atoms with E-state index in [4.69, 9.17) is 9.15 Å². The summed E-state index contributed by atoms with van der Waals surface area (Å²) in [7, 11) is -3.37. The Bertz CT molecular complexity index is 2630. The number of para-hydroxylation sites is 2. The lowest BCUT2D eigenvalue weighted by atomic mass is 9.63. The fraction of sp³-hybridized carbons (Fsp3) is 0.0455. The minimum absolute atomic E-state index is 0.732. The quantitative estimate of drug-likeness (QED) is 0.177. The average Bonchev–Trinajstić information content (AvgIpc) is 3.51. The van der Waals surface area contributed by atoms with Gasteiger partial charge in [0, 0.05) is 37.8 Å². The molecule has 0 amide bonds. The maximum absolute atomic E-state index is 16.2. The molecular formula is C44H29O3P. The van der Waals surface area contributed by atoms with Crippen LogP contribution in [0.5, 0.6) is 11.5 Å². The third-order valence-corrected chi connectivity index (χ3v) is 13.4. The lowest BCUT2D eigenvalue weighted by Crippen LogP contribution is -2.47. The highest BCUT2D eigenvalue weighted by atomic mass is 31.2. The molecule has 3 nitrogen and oxygen atoms in total. The lowest BCUT2D eigenvalue weighted by Gasteiger charge is -2.47. The van der Waals surface area contributed by atoms with Crippen molar-refractivity contribution < 1.29 is 13.7 Å². The van der Waals surface area contributed by atoms with Crippen LogP contribution < -0.4 is 20.7 Å². The molecule has 1 aromatic heterocycles. The number of ether oxygens (including phenoxy) is 1. The third-order valence-electron chi connectivity index (χ3n) is 10.3. The molecule has 2 aliphatic heterocycles. The molecule has 2 atom stereocenters. The van der Waals surface area contributed by atoms with Gasteiger partial charge in [0.25, 0.3) is 0 Å². The van der Waals surface area contributed by atoms with Gasteiger partial charge in [-0.15, -0.1) is 0 Å².